The molecule has 1 unspecified atom stereocenters. The summed E-state index contributed by atoms with van der Waals surface area (Å²) in [5.74, 6) is 0.847. The van der Waals surface area contributed by atoms with Crippen molar-refractivity contribution in [1.29, 1.82) is 0 Å². The minimum Gasteiger partial charge on any atom is -0.481 e. The van der Waals surface area contributed by atoms with Gasteiger partial charge in [0.2, 0.25) is 5.88 Å². The Bertz CT molecular complexity index is 307. The molecule has 14 heavy (non-hydrogen) atoms. The standard InChI is InChI=1S/C10H17ClN2O/c1-7(11)5-6-9-8(2)12-13(3)10(9)14-4/h7H,5-6H2,1-4H3. The van der Waals surface area contributed by atoms with Gasteiger partial charge in [0.1, 0.15) is 0 Å². The van der Waals surface area contributed by atoms with E-state index in [2.05, 4.69) is 5.10 Å². The molecule has 1 aromatic rings. The zero-order valence-corrected chi connectivity index (χ0v) is 9.93. The number of halogens is 1. The summed E-state index contributed by atoms with van der Waals surface area (Å²) in [6.45, 7) is 4.00. The highest BCUT2D eigenvalue weighted by atomic mass is 35.5. The Morgan fingerprint density at radius 2 is 2.21 bits per heavy atom. The van der Waals surface area contributed by atoms with E-state index in [1.165, 1.54) is 5.56 Å². The van der Waals surface area contributed by atoms with Crippen LogP contribution in [0, 0.1) is 6.92 Å². The van der Waals surface area contributed by atoms with Crippen molar-refractivity contribution >= 4 is 11.6 Å². The summed E-state index contributed by atoms with van der Waals surface area (Å²) < 4.78 is 7.05. The normalized spacial score (nSPS) is 12.9. The Morgan fingerprint density at radius 1 is 1.57 bits per heavy atom. The van der Waals surface area contributed by atoms with E-state index in [0.717, 1.165) is 24.4 Å². The topological polar surface area (TPSA) is 27.1 Å². The molecule has 0 aliphatic carbocycles. The van der Waals surface area contributed by atoms with Crippen LogP contribution in [-0.4, -0.2) is 22.3 Å². The van der Waals surface area contributed by atoms with Crippen LogP contribution < -0.4 is 4.74 Å². The lowest BCUT2D eigenvalue weighted by Crippen LogP contribution is -1.99. The molecule has 0 fully saturated rings. The third-order valence-electron chi connectivity index (χ3n) is 2.27. The third kappa shape index (κ3) is 2.41. The van der Waals surface area contributed by atoms with Crippen LogP contribution in [0.1, 0.15) is 24.6 Å². The first-order valence-corrected chi connectivity index (χ1v) is 5.20. The molecule has 1 rings (SSSR count). The smallest absolute Gasteiger partial charge is 0.214 e. The molecule has 80 valence electrons. The average molecular weight is 217 g/mol. The van der Waals surface area contributed by atoms with Gasteiger partial charge >= 0.3 is 0 Å². The highest BCUT2D eigenvalue weighted by molar-refractivity contribution is 6.20. The zero-order chi connectivity index (χ0) is 10.7. The summed E-state index contributed by atoms with van der Waals surface area (Å²) in [4.78, 5) is 0. The molecule has 0 aliphatic rings. The second-order valence-electron chi connectivity index (χ2n) is 3.52. The fraction of sp³-hybridized carbons (Fsp3) is 0.700. The predicted molar refractivity (Wildman–Crippen MR) is 58.1 cm³/mol. The molecule has 0 bridgehead atoms. The van der Waals surface area contributed by atoms with Crippen LogP contribution in [0.4, 0.5) is 0 Å². The summed E-state index contributed by atoms with van der Waals surface area (Å²) in [6.07, 6.45) is 1.87. The van der Waals surface area contributed by atoms with Crippen LogP contribution in [0.3, 0.4) is 0 Å². The van der Waals surface area contributed by atoms with Crippen molar-refractivity contribution in [3.05, 3.63) is 11.3 Å². The number of alkyl halides is 1. The van der Waals surface area contributed by atoms with Gasteiger partial charge in [0.05, 0.1) is 12.8 Å². The van der Waals surface area contributed by atoms with Crippen molar-refractivity contribution in [2.75, 3.05) is 7.11 Å². The fourth-order valence-corrected chi connectivity index (χ4v) is 1.68. The van der Waals surface area contributed by atoms with Crippen molar-refractivity contribution in [1.82, 2.24) is 9.78 Å². The molecule has 0 radical (unpaired) electrons. The molecule has 1 atom stereocenters. The van der Waals surface area contributed by atoms with Crippen LogP contribution >= 0.6 is 11.6 Å². The van der Waals surface area contributed by atoms with E-state index >= 15 is 0 Å². The second kappa shape index (κ2) is 4.69. The van der Waals surface area contributed by atoms with Crippen LogP contribution in [0.15, 0.2) is 0 Å². The van der Waals surface area contributed by atoms with E-state index in [1.54, 1.807) is 11.8 Å². The molecule has 0 saturated heterocycles. The SMILES string of the molecule is COc1c(CCC(C)Cl)c(C)nn1C. The molecule has 0 spiro atoms. The van der Waals surface area contributed by atoms with Gasteiger partial charge in [-0.3, -0.25) is 0 Å². The number of aryl methyl sites for hydroxylation is 2. The first-order valence-electron chi connectivity index (χ1n) is 4.76. The van der Waals surface area contributed by atoms with E-state index in [4.69, 9.17) is 16.3 Å². The molecule has 0 aromatic carbocycles. The van der Waals surface area contributed by atoms with E-state index in [0.29, 0.717) is 0 Å². The van der Waals surface area contributed by atoms with Crippen LogP contribution in [0.25, 0.3) is 0 Å². The summed E-state index contributed by atoms with van der Waals surface area (Å²) in [5.41, 5.74) is 2.20. The van der Waals surface area contributed by atoms with Gasteiger partial charge in [-0.15, -0.1) is 11.6 Å². The maximum atomic E-state index is 5.91. The molecule has 0 amide bonds. The van der Waals surface area contributed by atoms with Crippen LogP contribution in [0.2, 0.25) is 0 Å². The molecule has 4 heteroatoms. The third-order valence-corrected chi connectivity index (χ3v) is 2.49. The molecule has 0 saturated carbocycles. The molecular formula is C10H17ClN2O. The van der Waals surface area contributed by atoms with Crippen molar-refractivity contribution in [2.45, 2.75) is 32.1 Å². The van der Waals surface area contributed by atoms with E-state index in [9.17, 15) is 0 Å². The van der Waals surface area contributed by atoms with E-state index in [1.807, 2.05) is 20.9 Å². The van der Waals surface area contributed by atoms with Gasteiger partial charge in [0.15, 0.2) is 0 Å². The van der Waals surface area contributed by atoms with E-state index < -0.39 is 0 Å². The van der Waals surface area contributed by atoms with Gasteiger partial charge in [0, 0.05) is 18.0 Å². The van der Waals surface area contributed by atoms with Crippen LogP contribution in [-0.2, 0) is 13.5 Å². The maximum absolute atomic E-state index is 5.91. The average Bonchev–Trinajstić information content (AvgIpc) is 2.36. The number of nitrogens with zero attached hydrogens (tertiary/aromatic N) is 2. The molecule has 0 N–H and O–H groups in total. The predicted octanol–water partition coefficient (Wildman–Crippen LogP) is 2.30. The Kier molecular flexibility index (Phi) is 3.81. The quantitative estimate of drug-likeness (QED) is 0.723. The van der Waals surface area contributed by atoms with Gasteiger partial charge in [-0.1, -0.05) is 0 Å². The van der Waals surface area contributed by atoms with Crippen molar-refractivity contribution in [3.8, 4) is 5.88 Å². The number of hydrogen-bond donors (Lipinski definition) is 0. The van der Waals surface area contributed by atoms with Gasteiger partial charge in [-0.05, 0) is 26.7 Å². The number of aromatic nitrogens is 2. The number of ether oxygens (including phenoxy) is 1. The Morgan fingerprint density at radius 3 is 2.71 bits per heavy atom. The Balaban J connectivity index is 2.83. The highest BCUT2D eigenvalue weighted by Gasteiger charge is 2.13. The summed E-state index contributed by atoms with van der Waals surface area (Å²) in [6, 6.07) is 0. The zero-order valence-electron chi connectivity index (χ0n) is 9.17. The Labute approximate surface area is 90.0 Å². The summed E-state index contributed by atoms with van der Waals surface area (Å²) in [7, 11) is 3.56. The van der Waals surface area contributed by atoms with Crippen molar-refractivity contribution < 1.29 is 4.74 Å². The number of hydrogen-bond acceptors (Lipinski definition) is 2. The lowest BCUT2D eigenvalue weighted by molar-refractivity contribution is 0.369. The first-order chi connectivity index (χ1) is 6.56. The minimum absolute atomic E-state index is 0.194. The molecule has 1 aromatic heterocycles. The van der Waals surface area contributed by atoms with Gasteiger partial charge in [0.25, 0.3) is 0 Å². The largest absolute Gasteiger partial charge is 0.481 e. The van der Waals surface area contributed by atoms with Gasteiger partial charge < -0.3 is 4.74 Å². The van der Waals surface area contributed by atoms with Crippen molar-refractivity contribution in [2.24, 2.45) is 7.05 Å². The summed E-state index contributed by atoms with van der Waals surface area (Å²) in [5, 5.41) is 4.50. The lowest BCUT2D eigenvalue weighted by Gasteiger charge is -2.05. The molecular weight excluding hydrogens is 200 g/mol. The number of methoxy groups -OCH3 is 1. The lowest BCUT2D eigenvalue weighted by atomic mass is 10.1. The Hall–Kier alpha value is -0.700. The maximum Gasteiger partial charge on any atom is 0.214 e. The second-order valence-corrected chi connectivity index (χ2v) is 4.26. The van der Waals surface area contributed by atoms with Crippen molar-refractivity contribution in [3.63, 3.8) is 0 Å². The minimum atomic E-state index is 0.194. The molecule has 0 aliphatic heterocycles. The monoisotopic (exact) mass is 216 g/mol. The molecule has 1 heterocycles. The summed E-state index contributed by atoms with van der Waals surface area (Å²) >= 11 is 5.91. The van der Waals surface area contributed by atoms with Gasteiger partial charge in [-0.25, -0.2) is 4.68 Å². The van der Waals surface area contributed by atoms with E-state index in [-0.39, 0.29) is 5.38 Å². The highest BCUT2D eigenvalue weighted by Crippen LogP contribution is 2.23. The molecule has 3 nitrogen and oxygen atoms in total. The number of rotatable bonds is 4. The van der Waals surface area contributed by atoms with Crippen LogP contribution in [0.5, 0.6) is 5.88 Å². The fourth-order valence-electron chi connectivity index (χ4n) is 1.57. The van der Waals surface area contributed by atoms with Gasteiger partial charge in [-0.2, -0.15) is 5.10 Å². The first kappa shape index (κ1) is 11.4.